The van der Waals surface area contributed by atoms with Crippen LogP contribution in [0.25, 0.3) is 0 Å². The summed E-state index contributed by atoms with van der Waals surface area (Å²) in [5.74, 6) is 1.08. The third kappa shape index (κ3) is 3.48. The van der Waals surface area contributed by atoms with E-state index in [4.69, 9.17) is 4.84 Å². The molecule has 80 valence electrons. The third-order valence-electron chi connectivity index (χ3n) is 2.54. The summed E-state index contributed by atoms with van der Waals surface area (Å²) in [6.07, 6.45) is 3.59. The first-order chi connectivity index (χ1) is 6.61. The monoisotopic (exact) mass is 197 g/mol. The predicted molar refractivity (Wildman–Crippen MR) is 56.0 cm³/mol. The Morgan fingerprint density at radius 2 is 2.00 bits per heavy atom. The second-order valence-electron chi connectivity index (χ2n) is 4.33. The third-order valence-corrected chi connectivity index (χ3v) is 2.54. The number of carbonyl (C=O) groups is 1. The molecule has 1 saturated carbocycles. The van der Waals surface area contributed by atoms with E-state index in [1.54, 1.807) is 6.92 Å². The van der Waals surface area contributed by atoms with Crippen molar-refractivity contribution < 1.29 is 9.63 Å². The van der Waals surface area contributed by atoms with Gasteiger partial charge in [-0.3, -0.25) is 0 Å². The number of oxime groups is 1. The van der Waals surface area contributed by atoms with Gasteiger partial charge in [-0.15, -0.1) is 0 Å². The molecule has 0 heterocycles. The maximum atomic E-state index is 10.9. The Labute approximate surface area is 85.5 Å². The molecule has 2 unspecified atom stereocenters. The predicted octanol–water partition coefficient (Wildman–Crippen LogP) is 2.75. The molecule has 0 saturated heterocycles. The molecule has 2 atom stereocenters. The molecule has 0 amide bonds. The minimum absolute atomic E-state index is 0.247. The van der Waals surface area contributed by atoms with Gasteiger partial charge in [-0.1, -0.05) is 25.9 Å². The Hall–Kier alpha value is -0.860. The molecule has 0 aromatic heterocycles. The summed E-state index contributed by atoms with van der Waals surface area (Å²) in [7, 11) is 0. The normalized spacial score (nSPS) is 27.2. The highest BCUT2D eigenvalue weighted by atomic mass is 16.7. The fourth-order valence-electron chi connectivity index (χ4n) is 2.00. The van der Waals surface area contributed by atoms with Gasteiger partial charge in [0.1, 0.15) is 0 Å². The molecule has 14 heavy (non-hydrogen) atoms. The molecule has 1 aliphatic carbocycles. The number of hydrogen-bond donors (Lipinski definition) is 0. The van der Waals surface area contributed by atoms with Crippen LogP contribution in [0, 0.1) is 11.8 Å². The zero-order valence-electron chi connectivity index (χ0n) is 9.25. The highest BCUT2D eigenvalue weighted by Gasteiger charge is 2.20. The topological polar surface area (TPSA) is 38.7 Å². The molecule has 0 aromatic carbocycles. The quantitative estimate of drug-likeness (QED) is 0.504. The van der Waals surface area contributed by atoms with Crippen LogP contribution in [0.1, 0.15) is 46.5 Å². The second kappa shape index (κ2) is 5.13. The SMILES string of the molecule is CCC(=O)ON=C1CC(C)CC(C)C1. The molecule has 3 heteroatoms. The summed E-state index contributed by atoms with van der Waals surface area (Å²) in [5, 5.41) is 3.92. The van der Waals surface area contributed by atoms with Crippen LogP contribution in [0.15, 0.2) is 5.16 Å². The molecule has 3 nitrogen and oxygen atoms in total. The smallest absolute Gasteiger partial charge is 0.318 e. The van der Waals surface area contributed by atoms with E-state index in [-0.39, 0.29) is 5.97 Å². The largest absolute Gasteiger partial charge is 0.334 e. The number of nitrogens with zero attached hydrogens (tertiary/aromatic N) is 1. The van der Waals surface area contributed by atoms with E-state index in [0.717, 1.165) is 18.6 Å². The first-order valence-corrected chi connectivity index (χ1v) is 5.37. The summed E-state index contributed by atoms with van der Waals surface area (Å²) in [5.41, 5.74) is 1.04. The van der Waals surface area contributed by atoms with E-state index in [0.29, 0.717) is 18.3 Å². The second-order valence-corrected chi connectivity index (χ2v) is 4.33. The fourth-order valence-corrected chi connectivity index (χ4v) is 2.00. The summed E-state index contributed by atoms with van der Waals surface area (Å²) < 4.78 is 0. The van der Waals surface area contributed by atoms with Gasteiger partial charge < -0.3 is 4.84 Å². The van der Waals surface area contributed by atoms with Gasteiger partial charge in [0.25, 0.3) is 0 Å². The number of carbonyl (C=O) groups excluding carboxylic acids is 1. The van der Waals surface area contributed by atoms with E-state index >= 15 is 0 Å². The Bertz CT molecular complexity index is 223. The van der Waals surface area contributed by atoms with Gasteiger partial charge in [0.05, 0.1) is 5.71 Å². The minimum Gasteiger partial charge on any atom is -0.318 e. The standard InChI is InChI=1S/C11H19NO2/c1-4-11(13)14-12-10-6-8(2)5-9(3)7-10/h8-9H,4-7H2,1-3H3. The van der Waals surface area contributed by atoms with Crippen LogP contribution in [-0.4, -0.2) is 11.7 Å². The zero-order chi connectivity index (χ0) is 10.6. The summed E-state index contributed by atoms with van der Waals surface area (Å²) in [4.78, 5) is 15.7. The number of rotatable bonds is 2. The van der Waals surface area contributed by atoms with Crippen molar-refractivity contribution in [3.8, 4) is 0 Å². The van der Waals surface area contributed by atoms with Gasteiger partial charge in [-0.25, -0.2) is 4.79 Å². The molecule has 0 radical (unpaired) electrons. The zero-order valence-corrected chi connectivity index (χ0v) is 9.25. The van der Waals surface area contributed by atoms with Crippen LogP contribution in [0.4, 0.5) is 0 Å². The van der Waals surface area contributed by atoms with E-state index in [1.165, 1.54) is 6.42 Å². The lowest BCUT2D eigenvalue weighted by Gasteiger charge is -2.24. The average molecular weight is 197 g/mol. The summed E-state index contributed by atoms with van der Waals surface area (Å²) >= 11 is 0. The maximum Gasteiger partial charge on any atom is 0.334 e. The van der Waals surface area contributed by atoms with Gasteiger partial charge in [-0.2, -0.15) is 0 Å². The molecular weight excluding hydrogens is 178 g/mol. The molecule has 0 spiro atoms. The van der Waals surface area contributed by atoms with Crippen molar-refractivity contribution in [1.29, 1.82) is 0 Å². The lowest BCUT2D eigenvalue weighted by molar-refractivity contribution is -0.143. The average Bonchev–Trinajstić information content (AvgIpc) is 2.12. The van der Waals surface area contributed by atoms with Gasteiger partial charge >= 0.3 is 5.97 Å². The molecule has 0 N–H and O–H groups in total. The molecular formula is C11H19NO2. The van der Waals surface area contributed by atoms with Crippen LogP contribution in [0.2, 0.25) is 0 Å². The Balaban J connectivity index is 2.46. The lowest BCUT2D eigenvalue weighted by Crippen LogP contribution is -2.20. The Kier molecular flexibility index (Phi) is 4.11. The van der Waals surface area contributed by atoms with Crippen molar-refractivity contribution in [3.05, 3.63) is 0 Å². The van der Waals surface area contributed by atoms with Crippen LogP contribution in [0.3, 0.4) is 0 Å². The van der Waals surface area contributed by atoms with Gasteiger partial charge in [0, 0.05) is 6.42 Å². The van der Waals surface area contributed by atoms with Crippen molar-refractivity contribution in [1.82, 2.24) is 0 Å². The first-order valence-electron chi connectivity index (χ1n) is 5.37. The van der Waals surface area contributed by atoms with Crippen LogP contribution in [0.5, 0.6) is 0 Å². The van der Waals surface area contributed by atoms with Gasteiger partial charge in [-0.05, 0) is 31.1 Å². The lowest BCUT2D eigenvalue weighted by atomic mass is 9.82. The fraction of sp³-hybridized carbons (Fsp3) is 0.818. The molecule has 0 aromatic rings. The molecule has 0 aliphatic heterocycles. The molecule has 0 bridgehead atoms. The van der Waals surface area contributed by atoms with Crippen molar-refractivity contribution in [3.63, 3.8) is 0 Å². The van der Waals surface area contributed by atoms with Crippen molar-refractivity contribution in [2.45, 2.75) is 46.5 Å². The number of hydrogen-bond acceptors (Lipinski definition) is 3. The summed E-state index contributed by atoms with van der Waals surface area (Å²) in [6.45, 7) is 6.20. The van der Waals surface area contributed by atoms with E-state index < -0.39 is 0 Å². The Morgan fingerprint density at radius 3 is 2.50 bits per heavy atom. The Morgan fingerprint density at radius 1 is 1.43 bits per heavy atom. The molecule has 1 fully saturated rings. The minimum atomic E-state index is -0.247. The highest BCUT2D eigenvalue weighted by molar-refractivity contribution is 5.85. The van der Waals surface area contributed by atoms with Gasteiger partial charge in [0.2, 0.25) is 0 Å². The van der Waals surface area contributed by atoms with E-state index in [9.17, 15) is 4.79 Å². The highest BCUT2D eigenvalue weighted by Crippen LogP contribution is 2.26. The van der Waals surface area contributed by atoms with Crippen molar-refractivity contribution in [2.75, 3.05) is 0 Å². The molecule has 1 aliphatic rings. The first kappa shape index (κ1) is 11.2. The van der Waals surface area contributed by atoms with Crippen LogP contribution >= 0.6 is 0 Å². The van der Waals surface area contributed by atoms with Crippen LogP contribution in [-0.2, 0) is 9.63 Å². The van der Waals surface area contributed by atoms with Crippen molar-refractivity contribution in [2.24, 2.45) is 17.0 Å². The molecule has 1 rings (SSSR count). The van der Waals surface area contributed by atoms with E-state index in [1.807, 2.05) is 0 Å². The summed E-state index contributed by atoms with van der Waals surface area (Å²) in [6, 6.07) is 0. The van der Waals surface area contributed by atoms with E-state index in [2.05, 4.69) is 19.0 Å². The van der Waals surface area contributed by atoms with Crippen LogP contribution < -0.4 is 0 Å². The van der Waals surface area contributed by atoms with Gasteiger partial charge in [0.15, 0.2) is 0 Å². The maximum absolute atomic E-state index is 10.9. The van der Waals surface area contributed by atoms with Crippen molar-refractivity contribution >= 4 is 11.7 Å².